The van der Waals surface area contributed by atoms with E-state index in [4.69, 9.17) is 9.47 Å². The topological polar surface area (TPSA) is 59.5 Å². The Bertz CT molecular complexity index is 436. The standard InChI is InChI=1S/C15H26N4O2/c1-4-20-11-14-17-13(16-2)8-15(18-14)19(3)9-12-6-5-7-21-10-12/h8,12H,4-7,9-11H2,1-3H3,(H,16,17,18). The average molecular weight is 294 g/mol. The molecule has 0 saturated carbocycles. The lowest BCUT2D eigenvalue weighted by Crippen LogP contribution is -2.31. The van der Waals surface area contributed by atoms with Gasteiger partial charge in [-0.1, -0.05) is 0 Å². The Hall–Kier alpha value is -1.40. The zero-order valence-electron chi connectivity index (χ0n) is 13.3. The highest BCUT2D eigenvalue weighted by atomic mass is 16.5. The number of rotatable bonds is 7. The van der Waals surface area contributed by atoms with Crippen molar-refractivity contribution in [3.05, 3.63) is 11.9 Å². The summed E-state index contributed by atoms with van der Waals surface area (Å²) >= 11 is 0. The van der Waals surface area contributed by atoms with Crippen LogP contribution in [-0.4, -0.2) is 50.4 Å². The molecule has 1 saturated heterocycles. The van der Waals surface area contributed by atoms with Gasteiger partial charge in [-0.25, -0.2) is 9.97 Å². The minimum Gasteiger partial charge on any atom is -0.381 e. The third-order valence-electron chi connectivity index (χ3n) is 3.63. The van der Waals surface area contributed by atoms with Gasteiger partial charge >= 0.3 is 0 Å². The van der Waals surface area contributed by atoms with E-state index in [1.165, 1.54) is 6.42 Å². The molecular formula is C15H26N4O2. The summed E-state index contributed by atoms with van der Waals surface area (Å²) in [6.07, 6.45) is 2.37. The molecule has 1 aromatic heterocycles. The summed E-state index contributed by atoms with van der Waals surface area (Å²) in [6, 6.07) is 1.97. The van der Waals surface area contributed by atoms with Gasteiger partial charge in [0.15, 0.2) is 5.82 Å². The van der Waals surface area contributed by atoms with Gasteiger partial charge in [0.2, 0.25) is 0 Å². The molecule has 1 aliphatic heterocycles. The molecule has 21 heavy (non-hydrogen) atoms. The predicted octanol–water partition coefficient (Wildman–Crippen LogP) is 1.92. The largest absolute Gasteiger partial charge is 0.381 e. The Morgan fingerprint density at radius 2 is 2.33 bits per heavy atom. The second-order valence-electron chi connectivity index (χ2n) is 5.38. The van der Waals surface area contributed by atoms with E-state index < -0.39 is 0 Å². The van der Waals surface area contributed by atoms with Crippen LogP contribution in [0.2, 0.25) is 0 Å². The zero-order valence-corrected chi connectivity index (χ0v) is 13.3. The number of hydrogen-bond acceptors (Lipinski definition) is 6. The number of ether oxygens (including phenoxy) is 2. The first kappa shape index (κ1) is 16.0. The fourth-order valence-electron chi connectivity index (χ4n) is 2.50. The van der Waals surface area contributed by atoms with Crippen molar-refractivity contribution in [1.29, 1.82) is 0 Å². The van der Waals surface area contributed by atoms with Crippen LogP contribution < -0.4 is 10.2 Å². The molecule has 0 spiro atoms. The Labute approximate surface area is 126 Å². The number of anilines is 2. The van der Waals surface area contributed by atoms with Crippen LogP contribution in [0.4, 0.5) is 11.6 Å². The summed E-state index contributed by atoms with van der Waals surface area (Å²) in [6.45, 7) is 5.78. The third-order valence-corrected chi connectivity index (χ3v) is 3.63. The van der Waals surface area contributed by atoms with Crippen molar-refractivity contribution in [1.82, 2.24) is 9.97 Å². The maximum atomic E-state index is 5.55. The van der Waals surface area contributed by atoms with Crippen molar-refractivity contribution >= 4 is 11.6 Å². The van der Waals surface area contributed by atoms with Gasteiger partial charge in [0.25, 0.3) is 0 Å². The van der Waals surface area contributed by atoms with E-state index in [1.807, 2.05) is 20.0 Å². The van der Waals surface area contributed by atoms with Gasteiger partial charge in [0, 0.05) is 39.9 Å². The smallest absolute Gasteiger partial charge is 0.158 e. The van der Waals surface area contributed by atoms with E-state index in [-0.39, 0.29) is 0 Å². The number of aromatic nitrogens is 2. The molecule has 0 aromatic carbocycles. The second kappa shape index (κ2) is 8.14. The fourth-order valence-corrected chi connectivity index (χ4v) is 2.50. The van der Waals surface area contributed by atoms with Crippen molar-refractivity contribution in [2.75, 3.05) is 50.7 Å². The first-order valence-electron chi connectivity index (χ1n) is 7.65. The molecular weight excluding hydrogens is 268 g/mol. The SMILES string of the molecule is CCOCc1nc(NC)cc(N(C)CC2CCCOC2)n1. The molecule has 1 aliphatic rings. The van der Waals surface area contributed by atoms with Gasteiger partial charge in [-0.2, -0.15) is 0 Å². The molecule has 2 rings (SSSR count). The molecule has 6 heteroatoms. The monoisotopic (exact) mass is 294 g/mol. The minimum atomic E-state index is 0.444. The maximum absolute atomic E-state index is 5.55. The van der Waals surface area contributed by atoms with Crippen LogP contribution in [-0.2, 0) is 16.1 Å². The van der Waals surface area contributed by atoms with E-state index >= 15 is 0 Å². The molecule has 0 aliphatic carbocycles. The highest BCUT2D eigenvalue weighted by Gasteiger charge is 2.17. The molecule has 0 amide bonds. The van der Waals surface area contributed by atoms with Gasteiger partial charge in [-0.15, -0.1) is 0 Å². The number of nitrogens with one attached hydrogen (secondary N) is 1. The van der Waals surface area contributed by atoms with Crippen molar-refractivity contribution < 1.29 is 9.47 Å². The third kappa shape index (κ3) is 4.82. The molecule has 0 radical (unpaired) electrons. The van der Waals surface area contributed by atoms with Gasteiger partial charge in [-0.05, 0) is 25.7 Å². The molecule has 1 unspecified atom stereocenters. The first-order chi connectivity index (χ1) is 10.2. The quantitative estimate of drug-likeness (QED) is 0.829. The van der Waals surface area contributed by atoms with E-state index in [2.05, 4.69) is 27.2 Å². The zero-order chi connectivity index (χ0) is 15.1. The Morgan fingerprint density at radius 3 is 3.00 bits per heavy atom. The fraction of sp³-hybridized carbons (Fsp3) is 0.733. The van der Waals surface area contributed by atoms with Crippen LogP contribution in [0, 0.1) is 5.92 Å². The second-order valence-corrected chi connectivity index (χ2v) is 5.38. The normalized spacial score (nSPS) is 18.5. The summed E-state index contributed by atoms with van der Waals surface area (Å²) in [7, 11) is 3.94. The van der Waals surface area contributed by atoms with Gasteiger partial charge in [0.05, 0.1) is 6.61 Å². The van der Waals surface area contributed by atoms with Crippen LogP contribution in [0.1, 0.15) is 25.6 Å². The molecule has 1 N–H and O–H groups in total. The Morgan fingerprint density at radius 1 is 1.48 bits per heavy atom. The number of hydrogen-bond donors (Lipinski definition) is 1. The summed E-state index contributed by atoms with van der Waals surface area (Å²) in [4.78, 5) is 11.2. The van der Waals surface area contributed by atoms with Gasteiger partial charge < -0.3 is 19.7 Å². The summed E-state index contributed by atoms with van der Waals surface area (Å²) < 4.78 is 11.0. The van der Waals surface area contributed by atoms with E-state index in [0.29, 0.717) is 25.0 Å². The highest BCUT2D eigenvalue weighted by Crippen LogP contribution is 2.20. The van der Waals surface area contributed by atoms with Crippen molar-refractivity contribution in [2.45, 2.75) is 26.4 Å². The Balaban J connectivity index is 2.05. The summed E-state index contributed by atoms with van der Waals surface area (Å²) in [5.41, 5.74) is 0. The van der Waals surface area contributed by atoms with Crippen LogP contribution in [0.3, 0.4) is 0 Å². The van der Waals surface area contributed by atoms with E-state index in [9.17, 15) is 0 Å². The van der Waals surface area contributed by atoms with E-state index in [1.54, 1.807) is 0 Å². The minimum absolute atomic E-state index is 0.444. The lowest BCUT2D eigenvalue weighted by Gasteiger charge is -2.28. The van der Waals surface area contributed by atoms with Crippen molar-refractivity contribution in [3.63, 3.8) is 0 Å². The van der Waals surface area contributed by atoms with Crippen LogP contribution in [0.25, 0.3) is 0 Å². The highest BCUT2D eigenvalue weighted by molar-refractivity contribution is 5.48. The molecule has 0 bridgehead atoms. The predicted molar refractivity (Wildman–Crippen MR) is 83.7 cm³/mol. The average Bonchev–Trinajstić information content (AvgIpc) is 2.53. The van der Waals surface area contributed by atoms with E-state index in [0.717, 1.165) is 37.8 Å². The van der Waals surface area contributed by atoms with Gasteiger partial charge in [0.1, 0.15) is 18.2 Å². The summed E-state index contributed by atoms with van der Waals surface area (Å²) in [5, 5.41) is 3.08. The van der Waals surface area contributed by atoms with Crippen molar-refractivity contribution in [2.24, 2.45) is 5.92 Å². The molecule has 118 valence electrons. The maximum Gasteiger partial charge on any atom is 0.158 e. The Kier molecular flexibility index (Phi) is 6.20. The molecule has 2 heterocycles. The molecule has 1 atom stereocenters. The first-order valence-corrected chi connectivity index (χ1v) is 7.65. The summed E-state index contributed by atoms with van der Waals surface area (Å²) in [5.74, 6) is 3.04. The van der Waals surface area contributed by atoms with Crippen LogP contribution in [0.15, 0.2) is 6.07 Å². The lowest BCUT2D eigenvalue weighted by atomic mass is 10.0. The molecule has 1 fully saturated rings. The molecule has 6 nitrogen and oxygen atoms in total. The van der Waals surface area contributed by atoms with Gasteiger partial charge in [-0.3, -0.25) is 0 Å². The lowest BCUT2D eigenvalue weighted by molar-refractivity contribution is 0.0576. The van der Waals surface area contributed by atoms with Crippen LogP contribution >= 0.6 is 0 Å². The molecule has 1 aromatic rings. The van der Waals surface area contributed by atoms with Crippen molar-refractivity contribution in [3.8, 4) is 0 Å². The number of nitrogens with zero attached hydrogens (tertiary/aromatic N) is 3. The van der Waals surface area contributed by atoms with Crippen LogP contribution in [0.5, 0.6) is 0 Å².